The van der Waals surface area contributed by atoms with Gasteiger partial charge in [-0.05, 0) is 31.2 Å². The van der Waals surface area contributed by atoms with Crippen LogP contribution in [0.5, 0.6) is 0 Å². The first-order chi connectivity index (χ1) is 11.0. The molecule has 1 fully saturated rings. The highest BCUT2D eigenvalue weighted by atomic mass is 32.1. The number of hydrogen-bond donors (Lipinski definition) is 2. The van der Waals surface area contributed by atoms with Crippen molar-refractivity contribution in [3.8, 4) is 10.6 Å². The standard InChI is InChI=1S/C16H17NO5S/c1-10-2-3-11(22-10)12-4-5-13(23-12)14(18)17-16(15(19)20)6-8-21-9-7-16/h2-5H,6-9H2,1H3,(H,17,18)(H,19,20). The first-order valence-electron chi connectivity index (χ1n) is 7.30. The molecule has 122 valence electrons. The van der Waals surface area contributed by atoms with Gasteiger partial charge in [-0.15, -0.1) is 11.3 Å². The minimum absolute atomic E-state index is 0.268. The van der Waals surface area contributed by atoms with Crippen LogP contribution in [0.25, 0.3) is 10.6 Å². The number of rotatable bonds is 4. The number of carbonyl (C=O) groups is 2. The molecule has 2 aromatic heterocycles. The number of hydrogen-bond acceptors (Lipinski definition) is 5. The smallest absolute Gasteiger partial charge is 0.329 e. The highest BCUT2D eigenvalue weighted by Gasteiger charge is 2.41. The van der Waals surface area contributed by atoms with Crippen LogP contribution in [0.15, 0.2) is 28.7 Å². The average molecular weight is 335 g/mol. The van der Waals surface area contributed by atoms with Gasteiger partial charge in [-0.2, -0.15) is 0 Å². The highest BCUT2D eigenvalue weighted by Crippen LogP contribution is 2.30. The molecule has 0 radical (unpaired) electrons. The average Bonchev–Trinajstić information content (AvgIpc) is 3.16. The zero-order chi connectivity index (χ0) is 16.4. The molecule has 3 heterocycles. The number of nitrogens with one attached hydrogen (secondary N) is 1. The summed E-state index contributed by atoms with van der Waals surface area (Å²) < 4.78 is 10.7. The van der Waals surface area contributed by atoms with Crippen LogP contribution in [0.3, 0.4) is 0 Å². The lowest BCUT2D eigenvalue weighted by Crippen LogP contribution is -2.57. The van der Waals surface area contributed by atoms with Gasteiger partial charge in [0.2, 0.25) is 0 Å². The number of ether oxygens (including phenoxy) is 1. The number of carboxylic acid groups (broad SMARTS) is 1. The highest BCUT2D eigenvalue weighted by molar-refractivity contribution is 7.17. The summed E-state index contributed by atoms with van der Waals surface area (Å²) in [4.78, 5) is 25.3. The molecule has 0 aromatic carbocycles. The van der Waals surface area contributed by atoms with E-state index in [2.05, 4.69) is 5.32 Å². The van der Waals surface area contributed by atoms with Crippen molar-refractivity contribution in [1.29, 1.82) is 0 Å². The second kappa shape index (κ2) is 6.17. The molecule has 1 amide bonds. The third-order valence-corrected chi connectivity index (χ3v) is 5.02. The quantitative estimate of drug-likeness (QED) is 0.897. The normalized spacial score (nSPS) is 16.9. The van der Waals surface area contributed by atoms with Gasteiger partial charge in [-0.1, -0.05) is 0 Å². The van der Waals surface area contributed by atoms with E-state index in [0.29, 0.717) is 23.9 Å². The van der Waals surface area contributed by atoms with Crippen molar-refractivity contribution in [2.75, 3.05) is 13.2 Å². The fraction of sp³-hybridized carbons (Fsp3) is 0.375. The molecule has 2 aromatic rings. The molecule has 0 saturated carbocycles. The predicted molar refractivity (Wildman–Crippen MR) is 84.6 cm³/mol. The van der Waals surface area contributed by atoms with Gasteiger partial charge in [-0.3, -0.25) is 4.79 Å². The number of carbonyl (C=O) groups excluding carboxylic acids is 1. The monoisotopic (exact) mass is 335 g/mol. The van der Waals surface area contributed by atoms with E-state index >= 15 is 0 Å². The Morgan fingerprint density at radius 1 is 1.22 bits per heavy atom. The molecule has 1 saturated heterocycles. The summed E-state index contributed by atoms with van der Waals surface area (Å²) >= 11 is 1.28. The third-order valence-electron chi connectivity index (χ3n) is 3.92. The van der Waals surface area contributed by atoms with Crippen LogP contribution in [0.2, 0.25) is 0 Å². The molecule has 3 rings (SSSR count). The van der Waals surface area contributed by atoms with Gasteiger partial charge in [0.25, 0.3) is 5.91 Å². The van der Waals surface area contributed by atoms with Gasteiger partial charge in [0.15, 0.2) is 0 Å². The van der Waals surface area contributed by atoms with Gasteiger partial charge in [0.05, 0.1) is 9.75 Å². The molecular formula is C16H17NO5S. The first-order valence-corrected chi connectivity index (χ1v) is 8.12. The fourth-order valence-electron chi connectivity index (χ4n) is 2.55. The number of thiophene rings is 1. The Labute approximate surface area is 137 Å². The molecule has 0 atom stereocenters. The van der Waals surface area contributed by atoms with E-state index < -0.39 is 11.5 Å². The van der Waals surface area contributed by atoms with Gasteiger partial charge in [0, 0.05) is 26.1 Å². The fourth-order valence-corrected chi connectivity index (χ4v) is 3.41. The lowest BCUT2D eigenvalue weighted by Gasteiger charge is -2.33. The maximum Gasteiger partial charge on any atom is 0.329 e. The van der Waals surface area contributed by atoms with Gasteiger partial charge in [0.1, 0.15) is 17.1 Å². The SMILES string of the molecule is Cc1ccc(-c2ccc(C(=O)NC3(C(=O)O)CCOCC3)s2)o1. The second-order valence-electron chi connectivity index (χ2n) is 5.53. The van der Waals surface area contributed by atoms with Crippen molar-refractivity contribution in [2.24, 2.45) is 0 Å². The molecule has 0 spiro atoms. The molecule has 7 heteroatoms. The van der Waals surface area contributed by atoms with E-state index in [1.807, 2.05) is 19.1 Å². The molecule has 0 bridgehead atoms. The van der Waals surface area contributed by atoms with Crippen molar-refractivity contribution in [3.63, 3.8) is 0 Å². The minimum Gasteiger partial charge on any atom is -0.480 e. The van der Waals surface area contributed by atoms with E-state index in [1.54, 1.807) is 12.1 Å². The maximum absolute atomic E-state index is 12.4. The second-order valence-corrected chi connectivity index (χ2v) is 6.61. The van der Waals surface area contributed by atoms with Crippen LogP contribution in [-0.4, -0.2) is 35.7 Å². The Bertz CT molecular complexity index is 726. The third kappa shape index (κ3) is 3.16. The Morgan fingerprint density at radius 2 is 1.96 bits per heavy atom. The van der Waals surface area contributed by atoms with Crippen LogP contribution in [-0.2, 0) is 9.53 Å². The number of aryl methyl sites for hydroxylation is 1. The lowest BCUT2D eigenvalue weighted by atomic mass is 9.90. The number of amides is 1. The topological polar surface area (TPSA) is 88.8 Å². The Balaban J connectivity index is 1.78. The van der Waals surface area contributed by atoms with Crippen LogP contribution >= 0.6 is 11.3 Å². The molecule has 0 aliphatic carbocycles. The zero-order valence-corrected chi connectivity index (χ0v) is 13.4. The summed E-state index contributed by atoms with van der Waals surface area (Å²) in [6, 6.07) is 7.19. The van der Waals surface area contributed by atoms with Gasteiger partial charge < -0.3 is 19.6 Å². The van der Waals surface area contributed by atoms with Crippen molar-refractivity contribution in [3.05, 3.63) is 34.9 Å². The predicted octanol–water partition coefficient (Wildman–Crippen LogP) is 2.68. The van der Waals surface area contributed by atoms with E-state index in [4.69, 9.17) is 9.15 Å². The van der Waals surface area contributed by atoms with Crippen molar-refractivity contribution in [2.45, 2.75) is 25.3 Å². The van der Waals surface area contributed by atoms with Crippen LogP contribution < -0.4 is 5.32 Å². The molecule has 2 N–H and O–H groups in total. The molecule has 1 aliphatic rings. The van der Waals surface area contributed by atoms with E-state index in [-0.39, 0.29) is 18.7 Å². The van der Waals surface area contributed by atoms with Crippen LogP contribution in [0.1, 0.15) is 28.3 Å². The van der Waals surface area contributed by atoms with Crippen LogP contribution in [0, 0.1) is 6.92 Å². The number of carboxylic acids is 1. The molecular weight excluding hydrogens is 318 g/mol. The van der Waals surface area contributed by atoms with Gasteiger partial charge >= 0.3 is 5.97 Å². The van der Waals surface area contributed by atoms with Crippen LogP contribution in [0.4, 0.5) is 0 Å². The van der Waals surface area contributed by atoms with Gasteiger partial charge in [-0.25, -0.2) is 4.79 Å². The van der Waals surface area contributed by atoms with E-state index in [1.165, 1.54) is 11.3 Å². The largest absolute Gasteiger partial charge is 0.480 e. The van der Waals surface area contributed by atoms with Crippen molar-refractivity contribution < 1.29 is 23.8 Å². The number of furan rings is 1. The van der Waals surface area contributed by atoms with E-state index in [9.17, 15) is 14.7 Å². The maximum atomic E-state index is 12.4. The lowest BCUT2D eigenvalue weighted by molar-refractivity contribution is -0.148. The Kier molecular flexibility index (Phi) is 4.23. The summed E-state index contributed by atoms with van der Waals surface area (Å²) in [5.41, 5.74) is -1.25. The van der Waals surface area contributed by atoms with Crippen molar-refractivity contribution in [1.82, 2.24) is 5.32 Å². The molecule has 6 nitrogen and oxygen atoms in total. The summed E-state index contributed by atoms with van der Waals surface area (Å²) in [7, 11) is 0. The van der Waals surface area contributed by atoms with E-state index in [0.717, 1.165) is 10.6 Å². The molecule has 1 aliphatic heterocycles. The zero-order valence-electron chi connectivity index (χ0n) is 12.6. The number of aliphatic carboxylic acids is 1. The van der Waals surface area contributed by atoms with Crippen molar-refractivity contribution >= 4 is 23.2 Å². The Hall–Kier alpha value is -2.12. The Morgan fingerprint density at radius 3 is 2.57 bits per heavy atom. The molecule has 23 heavy (non-hydrogen) atoms. The summed E-state index contributed by atoms with van der Waals surface area (Å²) in [6.45, 7) is 2.51. The summed E-state index contributed by atoms with van der Waals surface area (Å²) in [5, 5.41) is 12.2. The minimum atomic E-state index is -1.25. The summed E-state index contributed by atoms with van der Waals surface area (Å²) in [6.07, 6.45) is 0.535. The molecule has 0 unspecified atom stereocenters. The first kappa shape index (κ1) is 15.8. The summed E-state index contributed by atoms with van der Waals surface area (Å²) in [5.74, 6) is 0.0958.